The van der Waals surface area contributed by atoms with Gasteiger partial charge < -0.3 is 15.1 Å². The smallest absolute Gasteiger partial charge is 0.318 e. The molecule has 9 heteroatoms. The number of halogens is 1. The molecule has 2 aromatic carbocycles. The second kappa shape index (κ2) is 9.11. The molecule has 0 spiro atoms. The lowest BCUT2D eigenvalue weighted by molar-refractivity contribution is -0.134. The number of benzene rings is 2. The van der Waals surface area contributed by atoms with Gasteiger partial charge in [-0.1, -0.05) is 41.9 Å². The molecule has 2 aliphatic rings. The van der Waals surface area contributed by atoms with E-state index in [1.54, 1.807) is 53.2 Å². The normalized spacial score (nSPS) is 21.6. The van der Waals surface area contributed by atoms with Crippen molar-refractivity contribution >= 4 is 33.4 Å². The van der Waals surface area contributed by atoms with Crippen LogP contribution < -0.4 is 5.32 Å². The first-order valence-electron chi connectivity index (χ1n) is 10.6. The zero-order chi connectivity index (χ0) is 22.9. The van der Waals surface area contributed by atoms with Crippen LogP contribution in [0.25, 0.3) is 0 Å². The van der Waals surface area contributed by atoms with Crippen LogP contribution in [0.5, 0.6) is 0 Å². The topological polar surface area (TPSA) is 86.8 Å². The molecule has 170 valence electrons. The number of nitrogens with zero attached hydrogens (tertiary/aromatic N) is 2. The predicted octanol–water partition coefficient (Wildman–Crippen LogP) is 3.39. The van der Waals surface area contributed by atoms with Crippen molar-refractivity contribution in [1.29, 1.82) is 0 Å². The molecule has 2 aromatic rings. The van der Waals surface area contributed by atoms with Crippen LogP contribution in [0.1, 0.15) is 36.4 Å². The fraction of sp³-hybridized carbons (Fsp3) is 0.391. The van der Waals surface area contributed by atoms with Crippen molar-refractivity contribution in [3.05, 3.63) is 64.7 Å². The van der Waals surface area contributed by atoms with Crippen LogP contribution in [0.3, 0.4) is 0 Å². The monoisotopic (exact) mass is 475 g/mol. The molecule has 0 aliphatic carbocycles. The number of urea groups is 1. The summed E-state index contributed by atoms with van der Waals surface area (Å²) in [7, 11) is -1.60. The van der Waals surface area contributed by atoms with Gasteiger partial charge in [-0.05, 0) is 48.6 Å². The van der Waals surface area contributed by atoms with Gasteiger partial charge in [-0.2, -0.15) is 0 Å². The van der Waals surface area contributed by atoms with Crippen LogP contribution in [0.4, 0.5) is 4.79 Å². The highest BCUT2D eigenvalue weighted by Gasteiger charge is 2.38. The third-order valence-electron chi connectivity index (χ3n) is 6.11. The van der Waals surface area contributed by atoms with Crippen LogP contribution in [0.15, 0.2) is 53.4 Å². The molecule has 1 unspecified atom stereocenters. The summed E-state index contributed by atoms with van der Waals surface area (Å²) in [4.78, 5) is 29.7. The molecule has 3 amide bonds. The van der Waals surface area contributed by atoms with Gasteiger partial charge in [-0.15, -0.1) is 0 Å². The predicted molar refractivity (Wildman–Crippen MR) is 122 cm³/mol. The lowest BCUT2D eigenvalue weighted by atomic mass is 10.0. The van der Waals surface area contributed by atoms with Gasteiger partial charge >= 0.3 is 6.03 Å². The average Bonchev–Trinajstić information content (AvgIpc) is 3.27. The first-order chi connectivity index (χ1) is 15.3. The van der Waals surface area contributed by atoms with E-state index in [4.69, 9.17) is 11.6 Å². The largest absolute Gasteiger partial charge is 0.340 e. The van der Waals surface area contributed by atoms with Gasteiger partial charge in [0.05, 0.1) is 16.7 Å². The first kappa shape index (κ1) is 22.6. The minimum absolute atomic E-state index is 0.0127. The van der Waals surface area contributed by atoms with E-state index in [9.17, 15) is 18.0 Å². The number of sulfone groups is 1. The highest BCUT2D eigenvalue weighted by molar-refractivity contribution is 7.91. The number of amides is 3. The third-order valence-corrected chi connectivity index (χ3v) is 8.18. The van der Waals surface area contributed by atoms with E-state index in [2.05, 4.69) is 5.32 Å². The molecule has 2 aliphatic heterocycles. The van der Waals surface area contributed by atoms with Gasteiger partial charge in [-0.3, -0.25) is 4.79 Å². The van der Waals surface area contributed by atoms with Crippen LogP contribution in [0, 0.1) is 0 Å². The van der Waals surface area contributed by atoms with E-state index >= 15 is 0 Å². The molecule has 1 N–H and O–H groups in total. The molecule has 0 bridgehead atoms. The van der Waals surface area contributed by atoms with Gasteiger partial charge in [0.25, 0.3) is 0 Å². The number of carbonyl (C=O) groups is 2. The molecule has 1 saturated heterocycles. The van der Waals surface area contributed by atoms with E-state index in [0.717, 1.165) is 12.0 Å². The third kappa shape index (κ3) is 4.61. The van der Waals surface area contributed by atoms with Gasteiger partial charge in [0.2, 0.25) is 5.91 Å². The van der Waals surface area contributed by atoms with E-state index in [1.165, 1.54) is 0 Å². The molecular formula is C23H26ClN3O4S. The second-order valence-electron chi connectivity index (χ2n) is 8.32. The van der Waals surface area contributed by atoms with E-state index in [1.807, 2.05) is 12.1 Å². The molecule has 32 heavy (non-hydrogen) atoms. The number of fused-ring (bicyclic) bond motifs is 1. The summed E-state index contributed by atoms with van der Waals surface area (Å²) in [5, 5.41) is 3.61. The summed E-state index contributed by atoms with van der Waals surface area (Å²) in [5.41, 5.74) is 1.56. The number of hydrogen-bond acceptors (Lipinski definition) is 4. The van der Waals surface area contributed by atoms with E-state index in [0.29, 0.717) is 36.5 Å². The summed E-state index contributed by atoms with van der Waals surface area (Å²) in [6.45, 7) is 0.916. The standard InChI is InChI=1S/C23H26ClN3O4S/c1-26(15-16-8-10-17(24)11-9-16)22(28)20-6-4-13-27(20)23(29)25-19-12-14-32(30,31)21-7-3-2-5-18(19)21/h2-3,5,7-11,19-20H,4,6,12-15H2,1H3,(H,25,29)/t19?,20-/m1/s1. The maximum Gasteiger partial charge on any atom is 0.318 e. The Hall–Kier alpha value is -2.58. The van der Waals surface area contributed by atoms with Crippen molar-refractivity contribution < 1.29 is 18.0 Å². The van der Waals surface area contributed by atoms with Crippen LogP contribution in [-0.4, -0.2) is 55.5 Å². The number of hydrogen-bond donors (Lipinski definition) is 1. The zero-order valence-electron chi connectivity index (χ0n) is 17.8. The minimum Gasteiger partial charge on any atom is -0.340 e. The molecule has 7 nitrogen and oxygen atoms in total. The van der Waals surface area contributed by atoms with Crippen molar-refractivity contribution in [2.24, 2.45) is 0 Å². The molecule has 0 radical (unpaired) electrons. The van der Waals surface area contributed by atoms with Gasteiger partial charge in [0, 0.05) is 25.2 Å². The van der Waals surface area contributed by atoms with E-state index < -0.39 is 21.9 Å². The van der Waals surface area contributed by atoms with E-state index in [-0.39, 0.29) is 22.6 Å². The number of nitrogens with one attached hydrogen (secondary N) is 1. The fourth-order valence-electron chi connectivity index (χ4n) is 4.43. The Morgan fingerprint density at radius 1 is 1.12 bits per heavy atom. The lowest BCUT2D eigenvalue weighted by Crippen LogP contribution is -2.50. The number of rotatable bonds is 4. The Labute approximate surface area is 193 Å². The number of likely N-dealkylation sites (tertiary alicyclic amines) is 1. The Bertz CT molecular complexity index is 1120. The SMILES string of the molecule is CN(Cc1ccc(Cl)cc1)C(=O)[C@H]1CCCN1C(=O)NC1CCS(=O)(=O)c2ccccc21. The second-order valence-corrected chi connectivity index (χ2v) is 10.8. The van der Waals surface area contributed by atoms with Crippen molar-refractivity contribution in [1.82, 2.24) is 15.1 Å². The molecule has 2 atom stereocenters. The quantitative estimate of drug-likeness (QED) is 0.734. The van der Waals surface area contributed by atoms with Gasteiger partial charge in [0.15, 0.2) is 9.84 Å². The molecule has 0 saturated carbocycles. The van der Waals surface area contributed by atoms with Crippen LogP contribution in [-0.2, 0) is 21.2 Å². The molecule has 1 fully saturated rings. The average molecular weight is 476 g/mol. The maximum atomic E-state index is 13.1. The molecule has 4 rings (SSSR count). The Balaban J connectivity index is 1.44. The molecule has 2 heterocycles. The highest BCUT2D eigenvalue weighted by atomic mass is 35.5. The zero-order valence-corrected chi connectivity index (χ0v) is 19.4. The fourth-order valence-corrected chi connectivity index (χ4v) is 6.18. The summed E-state index contributed by atoms with van der Waals surface area (Å²) < 4.78 is 24.7. The summed E-state index contributed by atoms with van der Waals surface area (Å²) >= 11 is 5.93. The molecule has 0 aromatic heterocycles. The lowest BCUT2D eigenvalue weighted by Gasteiger charge is -2.31. The van der Waals surface area contributed by atoms with Crippen molar-refractivity contribution in [2.75, 3.05) is 19.3 Å². The summed E-state index contributed by atoms with van der Waals surface area (Å²) in [6, 6.07) is 12.8. The first-order valence-corrected chi connectivity index (χ1v) is 12.7. The maximum absolute atomic E-state index is 13.1. The number of carbonyl (C=O) groups excluding carboxylic acids is 2. The van der Waals surface area contributed by atoms with Crippen molar-refractivity contribution in [3.63, 3.8) is 0 Å². The number of likely N-dealkylation sites (N-methyl/N-ethyl adjacent to an activating group) is 1. The van der Waals surface area contributed by atoms with Gasteiger partial charge in [-0.25, -0.2) is 13.2 Å². The summed E-state index contributed by atoms with van der Waals surface area (Å²) in [6.07, 6.45) is 1.66. The summed E-state index contributed by atoms with van der Waals surface area (Å²) in [5.74, 6) is -0.125. The highest BCUT2D eigenvalue weighted by Crippen LogP contribution is 2.32. The molecular weight excluding hydrogens is 450 g/mol. The van der Waals surface area contributed by atoms with Crippen LogP contribution in [0.2, 0.25) is 5.02 Å². The van der Waals surface area contributed by atoms with Gasteiger partial charge in [0.1, 0.15) is 6.04 Å². The Morgan fingerprint density at radius 3 is 2.59 bits per heavy atom. The van der Waals surface area contributed by atoms with Crippen molar-refractivity contribution in [3.8, 4) is 0 Å². The Kier molecular flexibility index (Phi) is 6.44. The minimum atomic E-state index is -3.33. The Morgan fingerprint density at radius 2 is 1.84 bits per heavy atom. The van der Waals surface area contributed by atoms with Crippen LogP contribution >= 0.6 is 11.6 Å². The van der Waals surface area contributed by atoms with Crippen molar-refractivity contribution in [2.45, 2.75) is 42.8 Å².